The molecule has 0 saturated carbocycles. The maximum Gasteiger partial charge on any atom is 0.326 e. The summed E-state index contributed by atoms with van der Waals surface area (Å²) in [5.41, 5.74) is 5.37. The number of aliphatic carboxylic acids is 1. The van der Waals surface area contributed by atoms with Crippen LogP contribution in [0.5, 0.6) is 0 Å². The third-order valence-electron chi connectivity index (χ3n) is 2.70. The monoisotopic (exact) mass is 258 g/mol. The van der Waals surface area contributed by atoms with Gasteiger partial charge in [-0.25, -0.2) is 4.79 Å². The molecule has 106 valence electrons. The predicted octanol–water partition coefficient (Wildman–Crippen LogP) is 1.51. The van der Waals surface area contributed by atoms with Crippen molar-refractivity contribution >= 4 is 11.9 Å². The molecule has 0 aliphatic rings. The van der Waals surface area contributed by atoms with Crippen molar-refractivity contribution in [2.75, 3.05) is 6.54 Å². The summed E-state index contributed by atoms with van der Waals surface area (Å²) in [7, 11) is 0. The van der Waals surface area contributed by atoms with Gasteiger partial charge in [-0.15, -0.1) is 0 Å². The first kappa shape index (κ1) is 16.9. The van der Waals surface area contributed by atoms with E-state index < -0.39 is 12.0 Å². The summed E-state index contributed by atoms with van der Waals surface area (Å²) in [5, 5.41) is 11.6. The Hall–Kier alpha value is -1.10. The molecule has 0 radical (unpaired) electrons. The van der Waals surface area contributed by atoms with E-state index in [9.17, 15) is 9.59 Å². The molecule has 5 nitrogen and oxygen atoms in total. The van der Waals surface area contributed by atoms with Crippen molar-refractivity contribution in [3.63, 3.8) is 0 Å². The first-order valence-corrected chi connectivity index (χ1v) is 6.69. The number of carbonyl (C=O) groups is 2. The normalized spacial score (nSPS) is 12.4. The van der Waals surface area contributed by atoms with Gasteiger partial charge in [-0.1, -0.05) is 26.7 Å². The molecule has 0 bridgehead atoms. The highest BCUT2D eigenvalue weighted by atomic mass is 16.4. The lowest BCUT2D eigenvalue weighted by Gasteiger charge is -2.16. The first-order valence-electron chi connectivity index (χ1n) is 6.69. The molecule has 0 aromatic heterocycles. The van der Waals surface area contributed by atoms with Crippen LogP contribution < -0.4 is 11.1 Å². The molecule has 18 heavy (non-hydrogen) atoms. The van der Waals surface area contributed by atoms with E-state index in [0.717, 1.165) is 25.7 Å². The van der Waals surface area contributed by atoms with Gasteiger partial charge in [0.1, 0.15) is 6.04 Å². The highest BCUT2D eigenvalue weighted by Gasteiger charge is 2.20. The van der Waals surface area contributed by atoms with Crippen LogP contribution in [-0.2, 0) is 9.59 Å². The van der Waals surface area contributed by atoms with Crippen molar-refractivity contribution in [2.24, 2.45) is 11.7 Å². The standard InChI is InChI=1S/C13H26N2O3/c1-10(2)9-11(13(17)18)15-12(16)7-5-3-4-6-8-14/h10-11H,3-9,14H2,1-2H3,(H,15,16)(H,17,18)/t11-/m0/s1. The molecule has 0 aliphatic heterocycles. The SMILES string of the molecule is CC(C)C[C@H](NC(=O)CCCCCCN)C(=O)O. The van der Waals surface area contributed by atoms with Gasteiger partial charge in [0, 0.05) is 6.42 Å². The lowest BCUT2D eigenvalue weighted by molar-refractivity contribution is -0.142. The van der Waals surface area contributed by atoms with Crippen LogP contribution >= 0.6 is 0 Å². The maximum absolute atomic E-state index is 11.6. The number of amides is 1. The van der Waals surface area contributed by atoms with Crippen LogP contribution in [0.3, 0.4) is 0 Å². The topological polar surface area (TPSA) is 92.4 Å². The Balaban J connectivity index is 3.85. The molecule has 0 saturated heterocycles. The minimum atomic E-state index is -0.958. The van der Waals surface area contributed by atoms with Crippen LogP contribution in [0, 0.1) is 5.92 Å². The van der Waals surface area contributed by atoms with E-state index in [0.29, 0.717) is 19.4 Å². The van der Waals surface area contributed by atoms with Crippen molar-refractivity contribution in [2.45, 2.75) is 58.4 Å². The fourth-order valence-electron chi connectivity index (χ4n) is 1.74. The zero-order valence-corrected chi connectivity index (χ0v) is 11.4. The highest BCUT2D eigenvalue weighted by molar-refractivity contribution is 5.83. The summed E-state index contributed by atoms with van der Waals surface area (Å²) in [6.07, 6.45) is 4.62. The summed E-state index contributed by atoms with van der Waals surface area (Å²) in [6, 6.07) is -0.762. The Bertz CT molecular complexity index is 255. The van der Waals surface area contributed by atoms with Crippen LogP contribution in [0.4, 0.5) is 0 Å². The van der Waals surface area contributed by atoms with Gasteiger partial charge in [0.15, 0.2) is 0 Å². The van der Waals surface area contributed by atoms with Crippen LogP contribution in [0.15, 0.2) is 0 Å². The van der Waals surface area contributed by atoms with Gasteiger partial charge in [-0.3, -0.25) is 4.79 Å². The molecule has 0 unspecified atom stereocenters. The van der Waals surface area contributed by atoms with E-state index in [1.54, 1.807) is 0 Å². The van der Waals surface area contributed by atoms with Gasteiger partial charge < -0.3 is 16.2 Å². The Morgan fingerprint density at radius 3 is 2.28 bits per heavy atom. The van der Waals surface area contributed by atoms with Crippen LogP contribution in [0.1, 0.15) is 52.4 Å². The molecule has 0 rings (SSSR count). The predicted molar refractivity (Wildman–Crippen MR) is 71.2 cm³/mol. The maximum atomic E-state index is 11.6. The van der Waals surface area contributed by atoms with Crippen LogP contribution in [0.2, 0.25) is 0 Å². The smallest absolute Gasteiger partial charge is 0.326 e. The van der Waals surface area contributed by atoms with Gasteiger partial charge in [0.25, 0.3) is 0 Å². The number of hydrogen-bond donors (Lipinski definition) is 3. The molecule has 0 aromatic carbocycles. The Kier molecular flexibility index (Phi) is 9.28. The van der Waals surface area contributed by atoms with E-state index in [1.807, 2.05) is 13.8 Å². The number of rotatable bonds is 10. The number of hydrogen-bond acceptors (Lipinski definition) is 3. The number of nitrogens with one attached hydrogen (secondary N) is 1. The fourth-order valence-corrected chi connectivity index (χ4v) is 1.74. The molecule has 0 spiro atoms. The van der Waals surface area contributed by atoms with E-state index in [1.165, 1.54) is 0 Å². The largest absolute Gasteiger partial charge is 0.480 e. The molecule has 5 heteroatoms. The van der Waals surface area contributed by atoms with Gasteiger partial charge in [-0.05, 0) is 31.7 Å². The van der Waals surface area contributed by atoms with Crippen LogP contribution in [-0.4, -0.2) is 29.6 Å². The van der Waals surface area contributed by atoms with E-state index in [-0.39, 0.29) is 11.8 Å². The summed E-state index contributed by atoms with van der Waals surface area (Å²) in [6.45, 7) is 4.56. The molecule has 0 fully saturated rings. The minimum absolute atomic E-state index is 0.171. The van der Waals surface area contributed by atoms with Crippen molar-refractivity contribution in [1.29, 1.82) is 0 Å². The quantitative estimate of drug-likeness (QED) is 0.518. The lowest BCUT2D eigenvalue weighted by atomic mass is 10.0. The average molecular weight is 258 g/mol. The average Bonchev–Trinajstić information content (AvgIpc) is 2.27. The number of carboxylic acid groups (broad SMARTS) is 1. The summed E-state index contributed by atoms with van der Waals surface area (Å²) in [4.78, 5) is 22.5. The number of carbonyl (C=O) groups excluding carboxylic acids is 1. The molecule has 0 aliphatic carbocycles. The van der Waals surface area contributed by atoms with E-state index in [2.05, 4.69) is 5.32 Å². The lowest BCUT2D eigenvalue weighted by Crippen LogP contribution is -2.41. The molecule has 4 N–H and O–H groups in total. The molecule has 1 atom stereocenters. The van der Waals surface area contributed by atoms with Crippen molar-refractivity contribution in [3.05, 3.63) is 0 Å². The Morgan fingerprint density at radius 2 is 1.78 bits per heavy atom. The van der Waals surface area contributed by atoms with Gasteiger partial charge >= 0.3 is 5.97 Å². The summed E-state index contributed by atoms with van der Waals surface area (Å²) >= 11 is 0. The summed E-state index contributed by atoms with van der Waals surface area (Å²) in [5.74, 6) is -0.882. The van der Waals surface area contributed by atoms with Crippen molar-refractivity contribution in [1.82, 2.24) is 5.32 Å². The van der Waals surface area contributed by atoms with Crippen molar-refractivity contribution < 1.29 is 14.7 Å². The molecule has 0 aromatic rings. The summed E-state index contributed by atoms with van der Waals surface area (Å²) < 4.78 is 0. The zero-order valence-electron chi connectivity index (χ0n) is 11.4. The third-order valence-corrected chi connectivity index (χ3v) is 2.70. The third kappa shape index (κ3) is 8.98. The van der Waals surface area contributed by atoms with Crippen LogP contribution in [0.25, 0.3) is 0 Å². The van der Waals surface area contributed by atoms with E-state index in [4.69, 9.17) is 10.8 Å². The van der Waals surface area contributed by atoms with Gasteiger partial charge in [0.2, 0.25) is 5.91 Å². The molecular formula is C13H26N2O3. The fraction of sp³-hybridized carbons (Fsp3) is 0.846. The second-order valence-corrected chi connectivity index (χ2v) is 5.04. The minimum Gasteiger partial charge on any atom is -0.480 e. The van der Waals surface area contributed by atoms with E-state index >= 15 is 0 Å². The number of carboxylic acids is 1. The number of nitrogens with two attached hydrogens (primary N) is 1. The Labute approximate surface area is 109 Å². The second kappa shape index (κ2) is 9.88. The Morgan fingerprint density at radius 1 is 1.17 bits per heavy atom. The second-order valence-electron chi connectivity index (χ2n) is 5.04. The molecular weight excluding hydrogens is 232 g/mol. The zero-order chi connectivity index (χ0) is 14.0. The first-order chi connectivity index (χ1) is 8.47. The highest BCUT2D eigenvalue weighted by Crippen LogP contribution is 2.07. The molecule has 0 heterocycles. The molecule has 1 amide bonds. The van der Waals surface area contributed by atoms with Gasteiger partial charge in [-0.2, -0.15) is 0 Å². The number of unbranched alkanes of at least 4 members (excludes halogenated alkanes) is 3. The van der Waals surface area contributed by atoms with Gasteiger partial charge in [0.05, 0.1) is 0 Å². The van der Waals surface area contributed by atoms with Crippen molar-refractivity contribution in [3.8, 4) is 0 Å².